The molecule has 27 heteroatoms. The monoisotopic (exact) mass is 1380 g/mol. The van der Waals surface area contributed by atoms with Crippen molar-refractivity contribution in [2.24, 2.45) is 16.2 Å². The number of pyridine rings is 1. The Balaban J connectivity index is 0.642. The molecule has 0 spiro atoms. The fraction of sp³-hybridized carbons (Fsp3) is 0.437. The molecule has 3 atom stereocenters. The first kappa shape index (κ1) is 70.3. The number of rotatable bonds is 33. The number of anilines is 1. The minimum Gasteiger partial charge on any atom is -0.491 e. The fourth-order valence-corrected chi connectivity index (χ4v) is 17.0. The lowest BCUT2D eigenvalue weighted by Gasteiger charge is -2.69. The quantitative estimate of drug-likeness (QED) is 0.0145. The van der Waals surface area contributed by atoms with Crippen LogP contribution in [0.2, 0.25) is 0 Å². The molecule has 4 saturated carbocycles. The second-order valence-electron chi connectivity index (χ2n) is 26.8. The highest BCUT2D eigenvalue weighted by Crippen LogP contribution is 2.72. The predicted octanol–water partition coefficient (Wildman–Crippen LogP) is 9.22. The number of nitrogens with zero attached hydrogens (tertiary/aromatic N) is 6. The van der Waals surface area contributed by atoms with Crippen molar-refractivity contribution in [2.75, 3.05) is 77.4 Å². The zero-order chi connectivity index (χ0) is 69.4. The van der Waals surface area contributed by atoms with Gasteiger partial charge in [0.25, 0.3) is 27.8 Å². The number of unbranched alkanes of at least 4 members (excludes halogenated alkanes) is 2. The number of methoxy groups -OCH3 is 1. The van der Waals surface area contributed by atoms with Gasteiger partial charge in [-0.25, -0.2) is 19.6 Å². The number of carboxylic acids is 1. The van der Waals surface area contributed by atoms with Gasteiger partial charge in [-0.15, -0.1) is 0 Å². The van der Waals surface area contributed by atoms with Gasteiger partial charge in [0.05, 0.1) is 54.1 Å². The zero-order valence-corrected chi connectivity index (χ0v) is 56.8. The summed E-state index contributed by atoms with van der Waals surface area (Å²) in [6.07, 6.45) is 10.4. The van der Waals surface area contributed by atoms with Gasteiger partial charge in [-0.3, -0.25) is 43.4 Å². The fourth-order valence-electron chi connectivity index (χ4n) is 15.5. The SMILES string of the molecule is COCCN(CCOC12CC3(C)CC(C)(CC(Cn4ncc(-c5ccc(-c6ccc7cccc(C(=O)Nc8nc9ccccc9s8)c7c6)nc5C(=O)O)c4C)(C3)C1)C2)C(=O)OCc1[c]cc(OCCOCCNC(=O)[C@H](CS(=O)(=O)O)NC(=O)CCCCCN2C(=O)C=CC2=O)cc1. The van der Waals surface area contributed by atoms with E-state index in [1.54, 1.807) is 48.5 Å². The lowest BCUT2D eigenvalue weighted by atomic mass is 9.39. The van der Waals surface area contributed by atoms with Crippen molar-refractivity contribution in [3.63, 3.8) is 0 Å². The minimum absolute atomic E-state index is 0.00596. The first-order valence-electron chi connectivity index (χ1n) is 32.7. The van der Waals surface area contributed by atoms with Gasteiger partial charge < -0.3 is 44.3 Å². The van der Waals surface area contributed by atoms with Crippen molar-refractivity contribution in [2.45, 2.75) is 110 Å². The molecule has 517 valence electrons. The summed E-state index contributed by atoms with van der Waals surface area (Å²) in [6.45, 7) is 8.79. The average molecular weight is 1380 g/mol. The van der Waals surface area contributed by atoms with Gasteiger partial charge >= 0.3 is 12.1 Å². The maximum Gasteiger partial charge on any atom is 0.410 e. The van der Waals surface area contributed by atoms with E-state index in [4.69, 9.17) is 33.8 Å². The molecule has 2 unspecified atom stereocenters. The van der Waals surface area contributed by atoms with Crippen LogP contribution in [0.3, 0.4) is 0 Å². The number of ether oxygens (including phenoxy) is 5. The van der Waals surface area contributed by atoms with Crippen molar-refractivity contribution in [3.8, 4) is 28.1 Å². The number of thiazole rings is 1. The van der Waals surface area contributed by atoms with Crippen molar-refractivity contribution >= 4 is 89.2 Å². The standard InChI is InChI=1S/C71H80N9O16S2/c1-46-54(51-22-23-55(75-62(51)65(86)87)49-19-18-48-11-10-12-52(53(48)35-49)63(84)77-66-76-56-13-7-8-14-58(56)97-66)36-73-80(46)45-70-40-68(2)39-69(3,41-70)43-71(42-68,44-70)96-32-29-78(28-31-92-4)67(88)95-37-47-16-20-50(21-17-47)94-34-33-93-30-26-72-64(85)57(38-98(89,90)91)74-59(81)15-6-5-9-27-79-60(82)24-25-61(79)83/h7-8,10-14,16,18-25,35-36,57H,5-6,9,15,26-34,37-45H2,1-4H3,(H,72,85)(H,74,81)(H,86,87)(H,76,77,84)(H,89,90,91)/t57-,68?,69?,70?,71?/m0/s1. The van der Waals surface area contributed by atoms with Gasteiger partial charge in [0.2, 0.25) is 11.8 Å². The number of aromatic nitrogens is 4. The summed E-state index contributed by atoms with van der Waals surface area (Å²) in [6, 6.07) is 29.0. The maximum absolute atomic E-state index is 13.8. The summed E-state index contributed by atoms with van der Waals surface area (Å²) in [7, 11) is -3.07. The number of nitrogens with one attached hydrogen (secondary N) is 3. The van der Waals surface area contributed by atoms with E-state index >= 15 is 0 Å². The molecular weight excluding hydrogens is 1300 g/mol. The summed E-state index contributed by atoms with van der Waals surface area (Å²) in [5, 5.41) is 25.5. The molecule has 4 heterocycles. The molecule has 4 aromatic carbocycles. The average Bonchev–Trinajstić information content (AvgIpc) is 0.763. The second-order valence-corrected chi connectivity index (χ2v) is 29.3. The summed E-state index contributed by atoms with van der Waals surface area (Å²) in [5.41, 5.74) is 4.13. The van der Waals surface area contributed by atoms with E-state index in [9.17, 15) is 51.6 Å². The van der Waals surface area contributed by atoms with Gasteiger partial charge in [0, 0.05) is 86.4 Å². The van der Waals surface area contributed by atoms with E-state index in [1.807, 2.05) is 72.3 Å². The van der Waals surface area contributed by atoms with Crippen LogP contribution in [0.5, 0.6) is 5.75 Å². The molecule has 7 aromatic rings. The Bertz CT molecular complexity index is 4240. The molecule has 4 bridgehead atoms. The highest BCUT2D eigenvalue weighted by molar-refractivity contribution is 7.85. The zero-order valence-electron chi connectivity index (χ0n) is 55.1. The van der Waals surface area contributed by atoms with E-state index in [0.717, 1.165) is 64.7 Å². The number of benzene rings is 4. The number of amides is 6. The number of carboxylic acid groups (broad SMARTS) is 1. The van der Waals surface area contributed by atoms with E-state index < -0.39 is 63.2 Å². The number of carbonyl (C=O) groups excluding carboxylic acids is 6. The van der Waals surface area contributed by atoms with Crippen molar-refractivity contribution in [3.05, 3.63) is 138 Å². The minimum atomic E-state index is -4.64. The number of hydrogen-bond donors (Lipinski definition) is 5. The van der Waals surface area contributed by atoms with Crippen molar-refractivity contribution in [1.82, 2.24) is 40.2 Å². The third-order valence-corrected chi connectivity index (χ3v) is 20.3. The number of hydrogen-bond acceptors (Lipinski definition) is 18. The molecule has 98 heavy (non-hydrogen) atoms. The van der Waals surface area contributed by atoms with Crippen LogP contribution in [-0.4, -0.2) is 173 Å². The van der Waals surface area contributed by atoms with Crippen LogP contribution < -0.4 is 20.7 Å². The van der Waals surface area contributed by atoms with Gasteiger partial charge in [0.1, 0.15) is 30.8 Å². The molecule has 12 rings (SSSR count). The first-order chi connectivity index (χ1) is 46.9. The van der Waals surface area contributed by atoms with Gasteiger partial charge in [-0.05, 0) is 145 Å². The van der Waals surface area contributed by atoms with E-state index in [2.05, 4.69) is 40.8 Å². The number of carbonyl (C=O) groups is 7. The van der Waals surface area contributed by atoms with Crippen LogP contribution in [0.1, 0.15) is 110 Å². The van der Waals surface area contributed by atoms with Crippen LogP contribution in [0, 0.1) is 29.2 Å². The van der Waals surface area contributed by atoms with E-state index in [-0.39, 0.29) is 100 Å². The number of para-hydroxylation sites is 1. The Kier molecular flexibility index (Phi) is 21.5. The van der Waals surface area contributed by atoms with Gasteiger partial charge in [0.15, 0.2) is 10.8 Å². The molecule has 25 nitrogen and oxygen atoms in total. The Hall–Kier alpha value is -8.99. The molecule has 1 aliphatic heterocycles. The molecule has 5 N–H and O–H groups in total. The predicted molar refractivity (Wildman–Crippen MR) is 364 cm³/mol. The molecule has 0 saturated heterocycles. The normalized spacial score (nSPS) is 20.4. The number of fused-ring (bicyclic) bond motifs is 2. The Morgan fingerprint density at radius 2 is 1.60 bits per heavy atom. The lowest BCUT2D eigenvalue weighted by Crippen LogP contribution is -2.64. The molecule has 4 fully saturated rings. The number of imide groups is 1. The third-order valence-electron chi connectivity index (χ3n) is 18.6. The van der Waals surface area contributed by atoms with Gasteiger partial charge in [-0.2, -0.15) is 13.5 Å². The second kappa shape index (κ2) is 30.0. The smallest absolute Gasteiger partial charge is 0.410 e. The van der Waals surface area contributed by atoms with E-state index in [1.165, 1.54) is 23.5 Å². The highest BCUT2D eigenvalue weighted by atomic mass is 32.2. The largest absolute Gasteiger partial charge is 0.491 e. The Morgan fingerprint density at radius 3 is 2.34 bits per heavy atom. The van der Waals surface area contributed by atoms with Crippen LogP contribution in [-0.2, 0) is 61.4 Å². The van der Waals surface area contributed by atoms with Crippen molar-refractivity contribution in [1.29, 1.82) is 0 Å². The Labute approximate surface area is 571 Å². The molecule has 6 amide bonds. The topological polar surface area (TPSA) is 326 Å². The molecule has 3 aromatic heterocycles. The summed E-state index contributed by atoms with van der Waals surface area (Å²) in [4.78, 5) is 101. The Morgan fingerprint density at radius 1 is 0.827 bits per heavy atom. The van der Waals surface area contributed by atoms with Crippen LogP contribution >= 0.6 is 11.3 Å². The molecule has 1 radical (unpaired) electrons. The number of aromatic carboxylic acids is 1. The maximum atomic E-state index is 13.8. The summed E-state index contributed by atoms with van der Waals surface area (Å²) < 4.78 is 65.3. The molecule has 4 aliphatic carbocycles. The van der Waals surface area contributed by atoms with Crippen LogP contribution in [0.4, 0.5) is 9.93 Å². The molecule has 5 aliphatic rings. The summed E-state index contributed by atoms with van der Waals surface area (Å²) in [5.74, 6) is -4.30. The van der Waals surface area contributed by atoms with Crippen LogP contribution in [0.25, 0.3) is 43.4 Å². The first-order valence-corrected chi connectivity index (χ1v) is 35.1. The third kappa shape index (κ3) is 17.1. The lowest BCUT2D eigenvalue weighted by molar-refractivity contribution is -0.248. The van der Waals surface area contributed by atoms with E-state index in [0.29, 0.717) is 75.6 Å². The van der Waals surface area contributed by atoms with Crippen LogP contribution in [0.15, 0.2) is 109 Å². The van der Waals surface area contributed by atoms with Crippen molar-refractivity contribution < 1.29 is 75.3 Å². The molecular formula is C71H80N9O16S2. The summed E-state index contributed by atoms with van der Waals surface area (Å²) >= 11 is 1.40. The van der Waals surface area contributed by atoms with Gasteiger partial charge in [-0.1, -0.05) is 74.1 Å². The highest BCUT2D eigenvalue weighted by Gasteiger charge is 2.66.